The van der Waals surface area contributed by atoms with Crippen molar-refractivity contribution in [3.05, 3.63) is 91.0 Å². The molecule has 0 N–H and O–H groups in total. The van der Waals surface area contributed by atoms with Gasteiger partial charge in [-0.15, -0.1) is 0 Å². The second-order valence-corrected chi connectivity index (χ2v) is 16.1. The average Bonchev–Trinajstić information content (AvgIpc) is 3.36. The third-order valence-corrected chi connectivity index (χ3v) is 12.6. The number of fused-ring (bicyclic) bond motifs is 1. The second-order valence-electron chi connectivity index (χ2n) is 11.4. The Balaban J connectivity index is 1.48. The van der Waals surface area contributed by atoms with Crippen LogP contribution in [0.1, 0.15) is 34.6 Å². The fourth-order valence-electron chi connectivity index (χ4n) is 5.64. The summed E-state index contributed by atoms with van der Waals surface area (Å²) in [6, 6.07) is 30.7. The third kappa shape index (κ3) is 5.24. The van der Waals surface area contributed by atoms with Crippen LogP contribution in [-0.4, -0.2) is 44.3 Å². The van der Waals surface area contributed by atoms with Gasteiger partial charge in [0.15, 0.2) is 17.1 Å². The molecule has 0 saturated carbocycles. The first-order chi connectivity index (χ1) is 18.1. The zero-order valence-electron chi connectivity index (χ0n) is 22.6. The maximum atomic E-state index is 7.19. The number of thiocarbonyl (C=S) groups is 1. The van der Waals surface area contributed by atoms with Crippen molar-refractivity contribution in [2.75, 3.05) is 6.61 Å². The number of para-hydroxylation sites is 1. The van der Waals surface area contributed by atoms with Crippen molar-refractivity contribution in [1.29, 1.82) is 0 Å². The molecule has 2 fully saturated rings. The summed E-state index contributed by atoms with van der Waals surface area (Å²) in [7, 11) is -2.77. The van der Waals surface area contributed by atoms with Crippen LogP contribution in [0.25, 0.3) is 0 Å². The van der Waals surface area contributed by atoms with Crippen LogP contribution in [-0.2, 0) is 18.6 Å². The molecule has 38 heavy (non-hydrogen) atoms. The number of ether oxygens (including phenoxy) is 4. The molecule has 200 valence electrons. The largest absolute Gasteiger partial charge is 0.450 e. The Bertz CT molecular complexity index is 1190. The molecular weight excluding hydrogens is 512 g/mol. The lowest BCUT2D eigenvalue weighted by atomic mass is 9.99. The molecule has 0 spiro atoms. The first-order valence-electron chi connectivity index (χ1n) is 13.1. The van der Waals surface area contributed by atoms with Gasteiger partial charge in [0, 0.05) is 0 Å². The predicted octanol–water partition coefficient (Wildman–Crippen LogP) is 5.46. The highest BCUT2D eigenvalue weighted by Crippen LogP contribution is 2.43. The molecule has 2 heterocycles. The van der Waals surface area contributed by atoms with Gasteiger partial charge in [0.25, 0.3) is 8.32 Å². The smallest absolute Gasteiger partial charge is 0.261 e. The minimum atomic E-state index is -2.77. The molecular formula is C31H36O5SSi. The standard InChI is InChI=1S/C31H36O5SSi/c1-30(2,3)38(23-17-11-7-12-18-23,24-19-13-8-14-20-24)32-21-25-26(27-28(34-25)36-31(4,5)35-27)29(37)33-22-15-9-6-10-16-22/h6-20,25-28H,21H2,1-5H3/t25-,26+,27-,28-/m1/s1. The topological polar surface area (TPSA) is 46.2 Å². The molecule has 5 nitrogen and oxygen atoms in total. The molecule has 0 aromatic heterocycles. The molecule has 3 aromatic carbocycles. The molecule has 5 rings (SSSR count). The number of benzene rings is 3. The van der Waals surface area contributed by atoms with Gasteiger partial charge in [-0.2, -0.15) is 0 Å². The quantitative estimate of drug-likeness (QED) is 0.289. The maximum Gasteiger partial charge on any atom is 0.261 e. The summed E-state index contributed by atoms with van der Waals surface area (Å²) < 4.78 is 32.2. The van der Waals surface area contributed by atoms with Crippen molar-refractivity contribution in [2.24, 2.45) is 5.92 Å². The SMILES string of the molecule is CC1(C)O[C@H]2O[C@H](CO[Si](c3ccccc3)(c3ccccc3)C(C)(C)C)[C@H](C(=S)Oc3ccccc3)[C@H]2O1. The molecule has 4 atom stereocenters. The van der Waals surface area contributed by atoms with E-state index in [9.17, 15) is 0 Å². The van der Waals surface area contributed by atoms with Crippen molar-refractivity contribution in [3.8, 4) is 5.75 Å². The van der Waals surface area contributed by atoms with Crippen molar-refractivity contribution in [2.45, 2.75) is 63.9 Å². The van der Waals surface area contributed by atoms with Gasteiger partial charge in [-0.25, -0.2) is 0 Å². The summed E-state index contributed by atoms with van der Waals surface area (Å²) in [5.41, 5.74) is 0. The van der Waals surface area contributed by atoms with E-state index < -0.39 is 20.4 Å². The van der Waals surface area contributed by atoms with E-state index in [0.29, 0.717) is 17.4 Å². The summed E-state index contributed by atoms with van der Waals surface area (Å²) in [4.78, 5) is 0. The van der Waals surface area contributed by atoms with Gasteiger partial charge in [-0.1, -0.05) is 99.6 Å². The van der Waals surface area contributed by atoms with E-state index in [1.807, 2.05) is 56.3 Å². The highest BCUT2D eigenvalue weighted by molar-refractivity contribution is 7.80. The van der Waals surface area contributed by atoms with Crippen molar-refractivity contribution in [1.82, 2.24) is 0 Å². The van der Waals surface area contributed by atoms with Crippen LogP contribution in [0.5, 0.6) is 5.75 Å². The van der Waals surface area contributed by atoms with E-state index >= 15 is 0 Å². The first-order valence-corrected chi connectivity index (χ1v) is 15.5. The van der Waals surface area contributed by atoms with Crippen LogP contribution in [0, 0.1) is 5.92 Å². The van der Waals surface area contributed by atoms with Gasteiger partial charge in [-0.05, 0) is 53.6 Å². The monoisotopic (exact) mass is 548 g/mol. The molecule has 0 radical (unpaired) electrons. The van der Waals surface area contributed by atoms with E-state index in [-0.39, 0.29) is 23.2 Å². The fraction of sp³-hybridized carbons (Fsp3) is 0.387. The minimum absolute atomic E-state index is 0.157. The molecule has 2 aliphatic heterocycles. The summed E-state index contributed by atoms with van der Waals surface area (Å²) >= 11 is 5.86. The Morgan fingerprint density at radius 1 is 0.842 bits per heavy atom. The number of hydrogen-bond acceptors (Lipinski definition) is 6. The Kier molecular flexibility index (Phi) is 7.61. The van der Waals surface area contributed by atoms with Gasteiger partial charge in [0.2, 0.25) is 0 Å². The van der Waals surface area contributed by atoms with Gasteiger partial charge < -0.3 is 23.4 Å². The first kappa shape index (κ1) is 27.2. The summed E-state index contributed by atoms with van der Waals surface area (Å²) in [6.45, 7) is 10.9. The van der Waals surface area contributed by atoms with Crippen LogP contribution in [0.15, 0.2) is 91.0 Å². The van der Waals surface area contributed by atoms with Crippen LogP contribution in [0.4, 0.5) is 0 Å². The molecule has 2 saturated heterocycles. The number of rotatable bonds is 7. The van der Waals surface area contributed by atoms with Crippen molar-refractivity contribution < 1.29 is 23.4 Å². The Labute approximate surface area is 232 Å². The molecule has 0 amide bonds. The Hall–Kier alpha value is -2.39. The highest BCUT2D eigenvalue weighted by atomic mass is 32.1. The number of hydrogen-bond donors (Lipinski definition) is 0. The van der Waals surface area contributed by atoms with E-state index in [2.05, 4.69) is 69.3 Å². The molecule has 2 aliphatic rings. The lowest BCUT2D eigenvalue weighted by Crippen LogP contribution is -2.67. The molecule has 3 aromatic rings. The summed E-state index contributed by atoms with van der Waals surface area (Å²) in [6.07, 6.45) is -1.31. The third-order valence-electron chi connectivity index (χ3n) is 7.27. The zero-order chi connectivity index (χ0) is 27.0. The normalized spacial score (nSPS) is 24.7. The Morgan fingerprint density at radius 2 is 1.37 bits per heavy atom. The second kappa shape index (κ2) is 10.6. The highest BCUT2D eigenvalue weighted by Gasteiger charge is 2.58. The van der Waals surface area contributed by atoms with E-state index in [1.165, 1.54) is 10.4 Å². The van der Waals surface area contributed by atoms with Crippen molar-refractivity contribution in [3.63, 3.8) is 0 Å². The van der Waals surface area contributed by atoms with E-state index in [1.54, 1.807) is 0 Å². The van der Waals surface area contributed by atoms with Crippen LogP contribution >= 0.6 is 12.2 Å². The lowest BCUT2D eigenvalue weighted by Gasteiger charge is -2.43. The van der Waals surface area contributed by atoms with Gasteiger partial charge in [0.1, 0.15) is 11.9 Å². The zero-order valence-corrected chi connectivity index (χ0v) is 24.4. The predicted molar refractivity (Wildman–Crippen MR) is 155 cm³/mol. The fourth-order valence-corrected chi connectivity index (χ4v) is 10.6. The Morgan fingerprint density at radius 3 is 1.89 bits per heavy atom. The van der Waals surface area contributed by atoms with Crippen LogP contribution in [0.3, 0.4) is 0 Å². The van der Waals surface area contributed by atoms with Gasteiger partial charge >= 0.3 is 0 Å². The summed E-state index contributed by atoms with van der Waals surface area (Å²) in [5, 5.41) is 2.69. The lowest BCUT2D eigenvalue weighted by molar-refractivity contribution is -0.210. The molecule has 0 bridgehead atoms. The van der Waals surface area contributed by atoms with Crippen molar-refractivity contribution >= 4 is 36.0 Å². The minimum Gasteiger partial charge on any atom is -0.450 e. The van der Waals surface area contributed by atoms with Crippen LogP contribution < -0.4 is 15.1 Å². The molecule has 0 unspecified atom stereocenters. The van der Waals surface area contributed by atoms with Crippen LogP contribution in [0.2, 0.25) is 5.04 Å². The van der Waals surface area contributed by atoms with Gasteiger partial charge in [0.05, 0.1) is 18.6 Å². The molecule has 7 heteroatoms. The average molecular weight is 549 g/mol. The van der Waals surface area contributed by atoms with E-state index in [0.717, 1.165) is 0 Å². The molecule has 0 aliphatic carbocycles. The summed E-state index contributed by atoms with van der Waals surface area (Å²) in [5.74, 6) is -0.416. The van der Waals surface area contributed by atoms with Gasteiger partial charge in [-0.3, -0.25) is 0 Å². The maximum absolute atomic E-state index is 7.19. The van der Waals surface area contributed by atoms with E-state index in [4.69, 9.17) is 35.6 Å².